The van der Waals surface area contributed by atoms with E-state index in [1.54, 1.807) is 4.90 Å². The quantitative estimate of drug-likeness (QED) is 0.870. The molecule has 0 saturated carbocycles. The van der Waals surface area contributed by atoms with Gasteiger partial charge < -0.3 is 14.6 Å². The van der Waals surface area contributed by atoms with Crippen LogP contribution in [-0.4, -0.2) is 59.9 Å². The molecule has 1 aromatic carbocycles. The highest BCUT2D eigenvalue weighted by molar-refractivity contribution is 6.06. The van der Waals surface area contributed by atoms with E-state index in [2.05, 4.69) is 11.4 Å². The van der Waals surface area contributed by atoms with Gasteiger partial charge in [-0.05, 0) is 31.4 Å². The topological polar surface area (TPSA) is 89.6 Å². The van der Waals surface area contributed by atoms with Crippen LogP contribution in [0.15, 0.2) is 28.9 Å². The molecule has 2 fully saturated rings. The predicted molar refractivity (Wildman–Crippen MR) is 98.8 cm³/mol. The van der Waals surface area contributed by atoms with Gasteiger partial charge in [-0.25, -0.2) is 4.39 Å². The van der Waals surface area contributed by atoms with Gasteiger partial charge in [-0.15, -0.1) is 0 Å². The van der Waals surface area contributed by atoms with Crippen LogP contribution in [0, 0.1) is 17.1 Å². The monoisotopic (exact) mass is 384 g/mol. The molecular weight excluding hydrogens is 363 g/mol. The third-order valence-corrected chi connectivity index (χ3v) is 5.47. The lowest BCUT2D eigenvalue weighted by Gasteiger charge is -2.23. The Hall–Kier alpha value is -2.92. The lowest BCUT2D eigenvalue weighted by Crippen LogP contribution is -2.43. The molecule has 0 bridgehead atoms. The lowest BCUT2D eigenvalue weighted by molar-refractivity contribution is -0.132. The minimum absolute atomic E-state index is 0.0288. The molecule has 2 atom stereocenters. The summed E-state index contributed by atoms with van der Waals surface area (Å²) >= 11 is 0. The Balaban J connectivity index is 1.33. The van der Waals surface area contributed by atoms with E-state index >= 15 is 0 Å². The van der Waals surface area contributed by atoms with Gasteiger partial charge in [0.25, 0.3) is 5.91 Å². The highest BCUT2D eigenvalue weighted by atomic mass is 19.1. The van der Waals surface area contributed by atoms with Crippen LogP contribution in [-0.2, 0) is 4.79 Å². The second-order valence-corrected chi connectivity index (χ2v) is 7.36. The van der Waals surface area contributed by atoms with Crippen molar-refractivity contribution < 1.29 is 18.4 Å². The number of carbonyl (C=O) groups excluding carboxylic acids is 2. The van der Waals surface area contributed by atoms with Gasteiger partial charge >= 0.3 is 0 Å². The maximum atomic E-state index is 13.3. The van der Waals surface area contributed by atoms with Crippen molar-refractivity contribution in [1.29, 1.82) is 5.26 Å². The zero-order valence-electron chi connectivity index (χ0n) is 15.4. The van der Waals surface area contributed by atoms with Gasteiger partial charge in [-0.2, -0.15) is 5.26 Å². The summed E-state index contributed by atoms with van der Waals surface area (Å²) in [6.07, 6.45) is 3.69. The van der Waals surface area contributed by atoms with Crippen molar-refractivity contribution in [3.63, 3.8) is 0 Å². The fourth-order valence-corrected chi connectivity index (χ4v) is 4.02. The molecule has 4 rings (SSSR count). The number of fused-ring (bicyclic) bond motifs is 1. The molecule has 2 aromatic rings. The maximum absolute atomic E-state index is 13.3. The molecule has 1 aromatic heterocycles. The predicted octanol–water partition coefficient (Wildman–Crippen LogP) is 1.89. The summed E-state index contributed by atoms with van der Waals surface area (Å²) in [6, 6.07) is 5.88. The molecule has 8 heteroatoms. The van der Waals surface area contributed by atoms with Crippen molar-refractivity contribution in [3.05, 3.63) is 35.8 Å². The Kier molecular flexibility index (Phi) is 5.01. The summed E-state index contributed by atoms with van der Waals surface area (Å²) in [6.45, 7) is 2.18. The van der Waals surface area contributed by atoms with Gasteiger partial charge in [0, 0.05) is 37.1 Å². The summed E-state index contributed by atoms with van der Waals surface area (Å²) in [4.78, 5) is 28.7. The minimum atomic E-state index is -0.415. The summed E-state index contributed by atoms with van der Waals surface area (Å²) in [5.41, 5.74) is 0.708. The van der Waals surface area contributed by atoms with Crippen molar-refractivity contribution in [1.82, 2.24) is 15.1 Å². The molecule has 0 aliphatic carbocycles. The molecule has 2 amide bonds. The number of rotatable bonds is 4. The average Bonchev–Trinajstić information content (AvgIpc) is 3.40. The van der Waals surface area contributed by atoms with Crippen LogP contribution in [0.5, 0.6) is 0 Å². The SMILES string of the molecule is N#C[C@@H]1CCCN1C(=O)CN1CC[C@H](NC(=O)c2coc3cc(F)ccc23)C1. The Morgan fingerprint density at radius 2 is 2.18 bits per heavy atom. The Morgan fingerprint density at radius 3 is 3.00 bits per heavy atom. The maximum Gasteiger partial charge on any atom is 0.255 e. The van der Waals surface area contributed by atoms with Gasteiger partial charge in [0.1, 0.15) is 23.7 Å². The van der Waals surface area contributed by atoms with E-state index < -0.39 is 5.82 Å². The number of hydrogen-bond acceptors (Lipinski definition) is 5. The summed E-state index contributed by atoms with van der Waals surface area (Å²) in [5.74, 6) is -0.715. The van der Waals surface area contributed by atoms with Gasteiger partial charge in [0.15, 0.2) is 0 Å². The van der Waals surface area contributed by atoms with Gasteiger partial charge in [0.05, 0.1) is 18.2 Å². The van der Waals surface area contributed by atoms with Crippen LogP contribution in [0.3, 0.4) is 0 Å². The molecule has 146 valence electrons. The highest BCUT2D eigenvalue weighted by Crippen LogP contribution is 2.23. The first-order valence-electron chi connectivity index (χ1n) is 9.44. The number of benzene rings is 1. The number of nitrogens with one attached hydrogen (secondary N) is 1. The molecule has 28 heavy (non-hydrogen) atoms. The number of furan rings is 1. The van der Waals surface area contributed by atoms with Gasteiger partial charge in [0.2, 0.25) is 5.91 Å². The smallest absolute Gasteiger partial charge is 0.255 e. The molecule has 7 nitrogen and oxygen atoms in total. The number of hydrogen-bond donors (Lipinski definition) is 1. The number of halogens is 1. The average molecular weight is 384 g/mol. The van der Waals surface area contributed by atoms with E-state index in [0.717, 1.165) is 19.3 Å². The Labute approximate surface area is 161 Å². The fourth-order valence-electron chi connectivity index (χ4n) is 4.02. The molecule has 2 saturated heterocycles. The van der Waals surface area contributed by atoms with E-state index in [0.29, 0.717) is 36.2 Å². The Morgan fingerprint density at radius 1 is 1.32 bits per heavy atom. The van der Waals surface area contributed by atoms with Crippen LogP contribution in [0.2, 0.25) is 0 Å². The molecule has 0 unspecified atom stereocenters. The van der Waals surface area contributed by atoms with E-state index in [9.17, 15) is 14.0 Å². The first-order valence-corrected chi connectivity index (χ1v) is 9.44. The molecule has 0 spiro atoms. The summed E-state index contributed by atoms with van der Waals surface area (Å²) < 4.78 is 18.5. The number of nitrogens with zero attached hydrogens (tertiary/aromatic N) is 3. The van der Waals surface area contributed by atoms with Crippen molar-refractivity contribution in [2.75, 3.05) is 26.2 Å². The van der Waals surface area contributed by atoms with Crippen molar-refractivity contribution in [3.8, 4) is 6.07 Å². The van der Waals surface area contributed by atoms with E-state index in [1.807, 2.05) is 4.90 Å². The lowest BCUT2D eigenvalue weighted by atomic mass is 10.1. The minimum Gasteiger partial charge on any atom is -0.463 e. The molecule has 0 radical (unpaired) electrons. The highest BCUT2D eigenvalue weighted by Gasteiger charge is 2.32. The van der Waals surface area contributed by atoms with Crippen LogP contribution < -0.4 is 5.32 Å². The van der Waals surface area contributed by atoms with Gasteiger partial charge in [-0.3, -0.25) is 14.5 Å². The van der Waals surface area contributed by atoms with Gasteiger partial charge in [-0.1, -0.05) is 0 Å². The first-order chi connectivity index (χ1) is 13.5. The molecule has 1 N–H and O–H groups in total. The fraction of sp³-hybridized carbons (Fsp3) is 0.450. The number of likely N-dealkylation sites (tertiary alicyclic amines) is 2. The second-order valence-electron chi connectivity index (χ2n) is 7.36. The normalized spacial score (nSPS) is 22.5. The zero-order chi connectivity index (χ0) is 19.7. The standard InChI is InChI=1S/C20H21FN4O3/c21-13-3-4-16-17(12-28-18(16)8-13)20(27)23-14-5-7-24(10-14)11-19(26)25-6-1-2-15(25)9-22/h3-4,8,12,14-15H,1-2,5-7,10-11H2,(H,23,27)/t14-,15-/m0/s1. The van der Waals surface area contributed by atoms with Crippen LogP contribution in [0.4, 0.5) is 4.39 Å². The third-order valence-electron chi connectivity index (χ3n) is 5.47. The molecule has 3 heterocycles. The Bertz CT molecular complexity index is 951. The summed E-state index contributed by atoms with van der Waals surface area (Å²) in [5, 5.41) is 12.7. The van der Waals surface area contributed by atoms with Crippen molar-refractivity contribution in [2.24, 2.45) is 0 Å². The second kappa shape index (κ2) is 7.60. The first kappa shape index (κ1) is 18.4. The van der Waals surface area contributed by atoms with Crippen LogP contribution in [0.25, 0.3) is 11.0 Å². The molecule has 2 aliphatic rings. The molecule has 2 aliphatic heterocycles. The number of amides is 2. The van der Waals surface area contributed by atoms with Crippen LogP contribution in [0.1, 0.15) is 29.6 Å². The van der Waals surface area contributed by atoms with Crippen molar-refractivity contribution in [2.45, 2.75) is 31.3 Å². The van der Waals surface area contributed by atoms with Crippen molar-refractivity contribution >= 4 is 22.8 Å². The van der Waals surface area contributed by atoms with E-state index in [1.165, 1.54) is 24.5 Å². The van der Waals surface area contributed by atoms with E-state index in [-0.39, 0.29) is 30.4 Å². The largest absolute Gasteiger partial charge is 0.463 e. The van der Waals surface area contributed by atoms with E-state index in [4.69, 9.17) is 9.68 Å². The number of carbonyl (C=O) groups is 2. The number of nitriles is 1. The summed E-state index contributed by atoms with van der Waals surface area (Å²) in [7, 11) is 0. The van der Waals surface area contributed by atoms with Crippen LogP contribution >= 0.6 is 0 Å². The molecular formula is C20H21FN4O3. The zero-order valence-corrected chi connectivity index (χ0v) is 15.4. The third kappa shape index (κ3) is 3.58.